The van der Waals surface area contributed by atoms with Crippen LogP contribution < -0.4 is 15.4 Å². The first-order valence-corrected chi connectivity index (χ1v) is 7.13. The van der Waals surface area contributed by atoms with Gasteiger partial charge in [-0.1, -0.05) is 0 Å². The van der Waals surface area contributed by atoms with Crippen LogP contribution in [0.25, 0.3) is 0 Å². The Kier molecular flexibility index (Phi) is 3.53. The zero-order valence-corrected chi connectivity index (χ0v) is 11.8. The van der Waals surface area contributed by atoms with Crippen molar-refractivity contribution >= 4 is 17.3 Å². The molecule has 5 nitrogen and oxygen atoms in total. The highest BCUT2D eigenvalue weighted by atomic mass is 16.5. The predicted octanol–water partition coefficient (Wildman–Crippen LogP) is 2.39. The summed E-state index contributed by atoms with van der Waals surface area (Å²) in [5.41, 5.74) is 1.68. The fourth-order valence-electron chi connectivity index (χ4n) is 2.59. The zero-order chi connectivity index (χ0) is 14.1. The molecular formula is C15H20N2O3. The number of rotatable bonds is 3. The molecule has 0 saturated carbocycles. The number of ether oxygens (including phenoxy) is 2. The van der Waals surface area contributed by atoms with E-state index in [1.165, 1.54) is 0 Å². The van der Waals surface area contributed by atoms with Gasteiger partial charge >= 0.3 is 0 Å². The van der Waals surface area contributed by atoms with E-state index in [2.05, 4.69) is 17.6 Å². The molecule has 3 atom stereocenters. The molecule has 2 N–H and O–H groups in total. The van der Waals surface area contributed by atoms with E-state index in [1.54, 1.807) is 6.92 Å². The standard InChI is InChI=1S/C15H20N2O3/c1-9-3-5-12(19-9)8-16-11-4-6-14-13(7-11)17-15(18)10(2)20-14/h4,6-7,9-10,12,16H,3,5,8H2,1-2H3,(H,17,18). The Bertz CT molecular complexity index is 518. The number of carbonyl (C=O) groups excluding carboxylic acids is 1. The van der Waals surface area contributed by atoms with Crippen molar-refractivity contribution in [1.82, 2.24) is 0 Å². The maximum atomic E-state index is 11.6. The molecule has 3 rings (SSSR count). The van der Waals surface area contributed by atoms with Crippen LogP contribution in [0.3, 0.4) is 0 Å². The van der Waals surface area contributed by atoms with Crippen molar-refractivity contribution in [3.63, 3.8) is 0 Å². The lowest BCUT2D eigenvalue weighted by Gasteiger charge is -2.24. The summed E-state index contributed by atoms with van der Waals surface area (Å²) < 4.78 is 11.3. The van der Waals surface area contributed by atoms with Gasteiger partial charge in [0.15, 0.2) is 6.10 Å². The van der Waals surface area contributed by atoms with E-state index in [0.717, 1.165) is 30.8 Å². The van der Waals surface area contributed by atoms with Crippen LogP contribution in [0.15, 0.2) is 18.2 Å². The third kappa shape index (κ3) is 2.72. The number of hydrogen-bond donors (Lipinski definition) is 2. The van der Waals surface area contributed by atoms with E-state index in [0.29, 0.717) is 11.9 Å². The van der Waals surface area contributed by atoms with Gasteiger partial charge in [-0.15, -0.1) is 0 Å². The molecule has 1 aromatic carbocycles. The van der Waals surface area contributed by atoms with Crippen molar-refractivity contribution in [2.75, 3.05) is 17.2 Å². The molecule has 2 heterocycles. The molecule has 3 unspecified atom stereocenters. The van der Waals surface area contributed by atoms with Crippen molar-refractivity contribution in [2.24, 2.45) is 0 Å². The Morgan fingerprint density at radius 2 is 2.20 bits per heavy atom. The minimum atomic E-state index is -0.435. The first-order chi connectivity index (χ1) is 9.61. The Morgan fingerprint density at radius 1 is 1.35 bits per heavy atom. The van der Waals surface area contributed by atoms with Crippen LogP contribution in [0.1, 0.15) is 26.7 Å². The van der Waals surface area contributed by atoms with Crippen LogP contribution in [-0.2, 0) is 9.53 Å². The predicted molar refractivity (Wildman–Crippen MR) is 77.2 cm³/mol. The van der Waals surface area contributed by atoms with Crippen molar-refractivity contribution in [2.45, 2.75) is 45.0 Å². The summed E-state index contributed by atoms with van der Waals surface area (Å²) >= 11 is 0. The van der Waals surface area contributed by atoms with Gasteiger partial charge in [-0.05, 0) is 44.9 Å². The minimum Gasteiger partial charge on any atom is -0.479 e. The van der Waals surface area contributed by atoms with E-state index in [4.69, 9.17) is 9.47 Å². The number of carbonyl (C=O) groups is 1. The summed E-state index contributed by atoms with van der Waals surface area (Å²) in [6.07, 6.45) is 2.41. The molecule has 1 amide bonds. The number of nitrogens with one attached hydrogen (secondary N) is 2. The monoisotopic (exact) mass is 276 g/mol. The van der Waals surface area contributed by atoms with Crippen LogP contribution in [0.4, 0.5) is 11.4 Å². The summed E-state index contributed by atoms with van der Waals surface area (Å²) in [6.45, 7) is 4.63. The number of benzene rings is 1. The maximum absolute atomic E-state index is 11.6. The second kappa shape index (κ2) is 5.32. The average molecular weight is 276 g/mol. The molecule has 1 fully saturated rings. The lowest BCUT2D eigenvalue weighted by molar-refractivity contribution is -0.122. The van der Waals surface area contributed by atoms with E-state index >= 15 is 0 Å². The van der Waals surface area contributed by atoms with Gasteiger partial charge in [0.25, 0.3) is 5.91 Å². The van der Waals surface area contributed by atoms with Crippen LogP contribution in [0.2, 0.25) is 0 Å². The molecule has 2 aliphatic rings. The van der Waals surface area contributed by atoms with Crippen LogP contribution >= 0.6 is 0 Å². The van der Waals surface area contributed by atoms with Gasteiger partial charge < -0.3 is 20.1 Å². The van der Waals surface area contributed by atoms with Gasteiger partial charge in [0, 0.05) is 12.2 Å². The normalized spacial score (nSPS) is 28.5. The summed E-state index contributed by atoms with van der Waals surface area (Å²) in [5, 5.41) is 6.20. The maximum Gasteiger partial charge on any atom is 0.265 e. The number of hydrogen-bond acceptors (Lipinski definition) is 4. The fourth-order valence-corrected chi connectivity index (χ4v) is 2.59. The Hall–Kier alpha value is -1.75. The van der Waals surface area contributed by atoms with Crippen LogP contribution in [-0.4, -0.2) is 30.8 Å². The highest BCUT2D eigenvalue weighted by Gasteiger charge is 2.24. The Labute approximate surface area is 118 Å². The van der Waals surface area contributed by atoms with Gasteiger partial charge in [-0.3, -0.25) is 4.79 Å². The molecular weight excluding hydrogens is 256 g/mol. The topological polar surface area (TPSA) is 59.6 Å². The van der Waals surface area contributed by atoms with E-state index in [-0.39, 0.29) is 12.0 Å². The molecule has 5 heteroatoms. The number of anilines is 2. The SMILES string of the molecule is CC1CCC(CNc2ccc3c(c2)NC(=O)C(C)O3)O1. The summed E-state index contributed by atoms with van der Waals surface area (Å²) in [4.78, 5) is 11.6. The highest BCUT2D eigenvalue weighted by Crippen LogP contribution is 2.32. The number of fused-ring (bicyclic) bond motifs is 1. The summed E-state index contributed by atoms with van der Waals surface area (Å²) in [6, 6.07) is 5.74. The summed E-state index contributed by atoms with van der Waals surface area (Å²) in [5.74, 6) is 0.607. The van der Waals surface area contributed by atoms with Crippen molar-refractivity contribution < 1.29 is 14.3 Å². The Morgan fingerprint density at radius 3 is 2.95 bits per heavy atom. The van der Waals surface area contributed by atoms with Crippen molar-refractivity contribution in [3.8, 4) is 5.75 Å². The third-order valence-electron chi connectivity index (χ3n) is 3.76. The van der Waals surface area contributed by atoms with Gasteiger partial charge in [0.05, 0.1) is 17.9 Å². The van der Waals surface area contributed by atoms with E-state index in [9.17, 15) is 4.79 Å². The molecule has 0 radical (unpaired) electrons. The van der Waals surface area contributed by atoms with E-state index in [1.807, 2.05) is 18.2 Å². The molecule has 1 saturated heterocycles. The summed E-state index contributed by atoms with van der Waals surface area (Å²) in [7, 11) is 0. The first kappa shape index (κ1) is 13.2. The molecule has 108 valence electrons. The van der Waals surface area contributed by atoms with Crippen molar-refractivity contribution in [1.29, 1.82) is 0 Å². The van der Waals surface area contributed by atoms with Gasteiger partial charge in [-0.25, -0.2) is 0 Å². The zero-order valence-electron chi connectivity index (χ0n) is 11.8. The number of amides is 1. The lowest BCUT2D eigenvalue weighted by atomic mass is 10.2. The van der Waals surface area contributed by atoms with Crippen LogP contribution in [0, 0.1) is 0 Å². The van der Waals surface area contributed by atoms with Crippen molar-refractivity contribution in [3.05, 3.63) is 18.2 Å². The smallest absolute Gasteiger partial charge is 0.265 e. The molecule has 0 bridgehead atoms. The average Bonchev–Trinajstić information content (AvgIpc) is 2.84. The second-order valence-corrected chi connectivity index (χ2v) is 5.49. The van der Waals surface area contributed by atoms with Crippen LogP contribution in [0.5, 0.6) is 5.75 Å². The fraction of sp³-hybridized carbons (Fsp3) is 0.533. The van der Waals surface area contributed by atoms with E-state index < -0.39 is 6.10 Å². The highest BCUT2D eigenvalue weighted by molar-refractivity contribution is 5.98. The Balaban J connectivity index is 1.64. The first-order valence-electron chi connectivity index (χ1n) is 7.13. The third-order valence-corrected chi connectivity index (χ3v) is 3.76. The van der Waals surface area contributed by atoms with Gasteiger partial charge in [0.1, 0.15) is 5.75 Å². The molecule has 0 aliphatic carbocycles. The minimum absolute atomic E-state index is 0.109. The second-order valence-electron chi connectivity index (χ2n) is 5.49. The quantitative estimate of drug-likeness (QED) is 0.890. The molecule has 20 heavy (non-hydrogen) atoms. The molecule has 0 aromatic heterocycles. The van der Waals surface area contributed by atoms with Gasteiger partial charge in [0.2, 0.25) is 0 Å². The largest absolute Gasteiger partial charge is 0.479 e. The lowest BCUT2D eigenvalue weighted by Crippen LogP contribution is -2.34. The molecule has 0 spiro atoms. The molecule has 1 aromatic rings. The van der Waals surface area contributed by atoms with Gasteiger partial charge in [-0.2, -0.15) is 0 Å². The molecule has 2 aliphatic heterocycles.